The van der Waals surface area contributed by atoms with Crippen LogP contribution in [0.4, 0.5) is 5.69 Å². The van der Waals surface area contributed by atoms with Crippen molar-refractivity contribution >= 4 is 21.6 Å². The lowest BCUT2D eigenvalue weighted by Gasteiger charge is -2.24. The van der Waals surface area contributed by atoms with Crippen LogP contribution in [0.3, 0.4) is 0 Å². The van der Waals surface area contributed by atoms with Crippen LogP contribution in [0.2, 0.25) is 0 Å². The first-order valence-corrected chi connectivity index (χ1v) is 4.95. The van der Waals surface area contributed by atoms with Gasteiger partial charge in [-0.1, -0.05) is 0 Å². The highest BCUT2D eigenvalue weighted by molar-refractivity contribution is 9.10. The normalized spacial score (nSPS) is 20.6. The van der Waals surface area contributed by atoms with E-state index < -0.39 is 0 Å². The third-order valence-corrected chi connectivity index (χ3v) is 3.11. The minimum absolute atomic E-state index is 0.0293. The monoisotopic (exact) mass is 242 g/mol. The number of rotatable bonds is 0. The molecule has 2 rings (SSSR count). The Morgan fingerprint density at radius 2 is 2.23 bits per heavy atom. The Morgan fingerprint density at radius 1 is 1.46 bits per heavy atom. The Balaban J connectivity index is 2.58. The second-order valence-electron chi connectivity index (χ2n) is 3.12. The van der Waals surface area contributed by atoms with Gasteiger partial charge in [-0.15, -0.1) is 0 Å². The van der Waals surface area contributed by atoms with Crippen LogP contribution in [-0.2, 0) is 0 Å². The Morgan fingerprint density at radius 3 is 3.00 bits per heavy atom. The minimum atomic E-state index is 0.0293. The maximum absolute atomic E-state index is 5.95. The number of nitrogen functional groups attached to an aromatic ring is 1. The second-order valence-corrected chi connectivity index (χ2v) is 3.92. The molecule has 13 heavy (non-hydrogen) atoms. The van der Waals surface area contributed by atoms with Gasteiger partial charge in [0.05, 0.1) is 6.61 Å². The molecule has 0 unspecified atom stereocenters. The molecule has 0 aromatic heterocycles. The summed E-state index contributed by atoms with van der Waals surface area (Å²) in [5.74, 6) is 0.847. The standard InChI is InChI=1S/C9H11BrN2O/c10-9-6(12)1-2-7-8(9)5(11)3-4-13-7/h1-2,5H,3-4,11-12H2/t5-/m1/s1. The van der Waals surface area contributed by atoms with E-state index in [-0.39, 0.29) is 6.04 Å². The van der Waals surface area contributed by atoms with Crippen molar-refractivity contribution in [3.8, 4) is 5.75 Å². The predicted octanol–water partition coefficient (Wildman–Crippen LogP) is 1.81. The van der Waals surface area contributed by atoms with Crippen LogP contribution >= 0.6 is 15.9 Å². The van der Waals surface area contributed by atoms with Gasteiger partial charge in [0.2, 0.25) is 0 Å². The first-order chi connectivity index (χ1) is 6.20. The topological polar surface area (TPSA) is 61.3 Å². The van der Waals surface area contributed by atoms with Crippen molar-refractivity contribution in [1.29, 1.82) is 0 Å². The summed E-state index contributed by atoms with van der Waals surface area (Å²) in [6.45, 7) is 0.685. The van der Waals surface area contributed by atoms with E-state index in [2.05, 4.69) is 15.9 Å². The molecule has 0 saturated heterocycles. The first kappa shape index (κ1) is 8.84. The summed E-state index contributed by atoms with van der Waals surface area (Å²) < 4.78 is 6.34. The summed E-state index contributed by atoms with van der Waals surface area (Å²) in [4.78, 5) is 0. The van der Waals surface area contributed by atoms with Crippen molar-refractivity contribution in [3.63, 3.8) is 0 Å². The van der Waals surface area contributed by atoms with E-state index in [1.807, 2.05) is 12.1 Å². The summed E-state index contributed by atoms with van der Waals surface area (Å²) in [6.07, 6.45) is 0.842. The van der Waals surface area contributed by atoms with E-state index in [9.17, 15) is 0 Å². The van der Waals surface area contributed by atoms with Gasteiger partial charge in [0, 0.05) is 28.2 Å². The maximum atomic E-state index is 5.95. The minimum Gasteiger partial charge on any atom is -0.493 e. The molecule has 1 aliphatic heterocycles. The summed E-state index contributed by atoms with van der Waals surface area (Å²) in [7, 11) is 0. The Hall–Kier alpha value is -0.740. The van der Waals surface area contributed by atoms with Crippen molar-refractivity contribution in [2.24, 2.45) is 5.73 Å². The van der Waals surface area contributed by atoms with E-state index in [1.54, 1.807) is 0 Å². The molecule has 0 radical (unpaired) electrons. The molecule has 0 saturated carbocycles. The lowest BCUT2D eigenvalue weighted by molar-refractivity contribution is 0.268. The van der Waals surface area contributed by atoms with Crippen LogP contribution < -0.4 is 16.2 Å². The fourth-order valence-electron chi connectivity index (χ4n) is 1.50. The fourth-order valence-corrected chi connectivity index (χ4v) is 2.13. The first-order valence-electron chi connectivity index (χ1n) is 4.16. The van der Waals surface area contributed by atoms with Gasteiger partial charge in [-0.05, 0) is 28.1 Å². The quantitative estimate of drug-likeness (QED) is 0.683. The van der Waals surface area contributed by atoms with Crippen molar-refractivity contribution < 1.29 is 4.74 Å². The summed E-state index contributed by atoms with van der Waals surface area (Å²) >= 11 is 3.42. The predicted molar refractivity (Wildman–Crippen MR) is 55.6 cm³/mol. The smallest absolute Gasteiger partial charge is 0.125 e. The molecule has 0 spiro atoms. The molecule has 4 heteroatoms. The summed E-state index contributed by atoms with van der Waals surface area (Å²) in [5, 5.41) is 0. The van der Waals surface area contributed by atoms with Crippen molar-refractivity contribution in [3.05, 3.63) is 22.2 Å². The molecule has 1 heterocycles. The third-order valence-electron chi connectivity index (χ3n) is 2.23. The van der Waals surface area contributed by atoms with Crippen molar-refractivity contribution in [1.82, 2.24) is 0 Å². The number of hydrogen-bond acceptors (Lipinski definition) is 3. The molecular formula is C9H11BrN2O. The highest BCUT2D eigenvalue weighted by atomic mass is 79.9. The molecule has 3 nitrogen and oxygen atoms in total. The largest absolute Gasteiger partial charge is 0.493 e. The molecule has 1 aromatic carbocycles. The SMILES string of the molecule is Nc1ccc2c(c1Br)[C@H](N)CCO2. The second kappa shape index (κ2) is 3.20. The zero-order chi connectivity index (χ0) is 9.42. The number of benzene rings is 1. The number of hydrogen-bond donors (Lipinski definition) is 2. The lowest BCUT2D eigenvalue weighted by atomic mass is 10.0. The van der Waals surface area contributed by atoms with Gasteiger partial charge in [-0.2, -0.15) is 0 Å². The van der Waals surface area contributed by atoms with Crippen molar-refractivity contribution in [2.75, 3.05) is 12.3 Å². The molecule has 0 bridgehead atoms. The number of ether oxygens (including phenoxy) is 1. The molecule has 1 aliphatic rings. The lowest BCUT2D eigenvalue weighted by Crippen LogP contribution is -2.21. The zero-order valence-corrected chi connectivity index (χ0v) is 8.67. The molecule has 1 atom stereocenters. The van der Waals surface area contributed by atoms with Gasteiger partial charge in [0.15, 0.2) is 0 Å². The van der Waals surface area contributed by atoms with Gasteiger partial charge in [0.1, 0.15) is 5.75 Å². The number of fused-ring (bicyclic) bond motifs is 1. The van der Waals surface area contributed by atoms with Crippen LogP contribution in [-0.4, -0.2) is 6.61 Å². The molecule has 0 aliphatic carbocycles. The molecule has 1 aromatic rings. The third kappa shape index (κ3) is 1.40. The Kier molecular flexibility index (Phi) is 2.17. The number of nitrogens with two attached hydrogens (primary N) is 2. The van der Waals surface area contributed by atoms with Gasteiger partial charge in [-0.3, -0.25) is 0 Å². The maximum Gasteiger partial charge on any atom is 0.125 e. The van der Waals surface area contributed by atoms with Crippen molar-refractivity contribution in [2.45, 2.75) is 12.5 Å². The van der Waals surface area contributed by atoms with Crippen LogP contribution in [0.5, 0.6) is 5.75 Å². The molecule has 70 valence electrons. The highest BCUT2D eigenvalue weighted by Crippen LogP contribution is 2.39. The Bertz CT molecular complexity index is 341. The number of anilines is 1. The van der Waals surface area contributed by atoms with Gasteiger partial charge in [0.25, 0.3) is 0 Å². The summed E-state index contributed by atoms with van der Waals surface area (Å²) in [6, 6.07) is 3.72. The summed E-state index contributed by atoms with van der Waals surface area (Å²) in [5.41, 5.74) is 13.4. The van der Waals surface area contributed by atoms with Gasteiger partial charge >= 0.3 is 0 Å². The zero-order valence-electron chi connectivity index (χ0n) is 7.09. The highest BCUT2D eigenvalue weighted by Gasteiger charge is 2.21. The van der Waals surface area contributed by atoms with E-state index in [4.69, 9.17) is 16.2 Å². The van der Waals surface area contributed by atoms with Crippen LogP contribution in [0.15, 0.2) is 16.6 Å². The fraction of sp³-hybridized carbons (Fsp3) is 0.333. The van der Waals surface area contributed by atoms with E-state index in [1.165, 1.54) is 0 Å². The van der Waals surface area contributed by atoms with E-state index in [0.29, 0.717) is 12.3 Å². The average Bonchev–Trinajstić information content (AvgIpc) is 2.12. The van der Waals surface area contributed by atoms with E-state index >= 15 is 0 Å². The molecule has 0 fully saturated rings. The van der Waals surface area contributed by atoms with Crippen LogP contribution in [0, 0.1) is 0 Å². The number of halogens is 1. The van der Waals surface area contributed by atoms with Crippen LogP contribution in [0.25, 0.3) is 0 Å². The molecule has 4 N–H and O–H groups in total. The molecular weight excluding hydrogens is 232 g/mol. The average molecular weight is 243 g/mol. The Labute approximate surface area is 85.2 Å². The molecule has 0 amide bonds. The van der Waals surface area contributed by atoms with E-state index in [0.717, 1.165) is 22.2 Å². The van der Waals surface area contributed by atoms with Crippen LogP contribution in [0.1, 0.15) is 18.0 Å². The van der Waals surface area contributed by atoms with Gasteiger partial charge < -0.3 is 16.2 Å². The van der Waals surface area contributed by atoms with Gasteiger partial charge in [-0.25, -0.2) is 0 Å².